The van der Waals surface area contributed by atoms with Gasteiger partial charge in [0.2, 0.25) is 0 Å². The van der Waals surface area contributed by atoms with Crippen LogP contribution in [0.25, 0.3) is 10.9 Å². The van der Waals surface area contributed by atoms with Gasteiger partial charge in [-0.1, -0.05) is 54.1 Å². The minimum Gasteiger partial charge on any atom is -0.338 e. The van der Waals surface area contributed by atoms with Gasteiger partial charge in [0.1, 0.15) is 5.82 Å². The fourth-order valence-corrected chi connectivity index (χ4v) is 3.79. The first kappa shape index (κ1) is 21.6. The highest BCUT2D eigenvalue weighted by Gasteiger charge is 2.14. The van der Waals surface area contributed by atoms with E-state index in [2.05, 4.69) is 10.6 Å². The standard InChI is InChI=1S/C25H23ClN4O2/c1-2-27-25(32)28-20-11-12-22-21(15-20)24(31)30(16-18-9-6-10-19(26)13-18)23(29-22)14-17-7-4-3-5-8-17/h3-13,15H,2,14,16H2,1H3,(H2,27,28,32). The van der Waals surface area contributed by atoms with Crippen molar-refractivity contribution >= 4 is 34.2 Å². The second-order valence-electron chi connectivity index (χ2n) is 7.43. The van der Waals surface area contributed by atoms with Crippen LogP contribution in [0.5, 0.6) is 0 Å². The Bertz CT molecular complexity index is 1320. The molecule has 0 fully saturated rings. The van der Waals surface area contributed by atoms with Gasteiger partial charge in [0, 0.05) is 23.7 Å². The molecule has 0 unspecified atom stereocenters. The van der Waals surface area contributed by atoms with Gasteiger partial charge in [-0.2, -0.15) is 0 Å². The maximum absolute atomic E-state index is 13.6. The van der Waals surface area contributed by atoms with Crippen molar-refractivity contribution in [1.82, 2.24) is 14.9 Å². The summed E-state index contributed by atoms with van der Waals surface area (Å²) in [6.07, 6.45) is 0.519. The zero-order valence-electron chi connectivity index (χ0n) is 17.6. The number of hydrogen-bond acceptors (Lipinski definition) is 3. The Morgan fingerprint density at radius 2 is 1.78 bits per heavy atom. The number of fused-ring (bicyclic) bond motifs is 1. The van der Waals surface area contributed by atoms with Gasteiger partial charge < -0.3 is 10.6 Å². The molecule has 162 valence electrons. The Morgan fingerprint density at radius 3 is 2.53 bits per heavy atom. The molecule has 3 aromatic carbocycles. The summed E-state index contributed by atoms with van der Waals surface area (Å²) >= 11 is 6.16. The molecule has 1 aromatic heterocycles. The lowest BCUT2D eigenvalue weighted by Crippen LogP contribution is -2.29. The molecule has 4 rings (SSSR count). The molecule has 0 aliphatic rings. The van der Waals surface area contributed by atoms with Gasteiger partial charge >= 0.3 is 6.03 Å². The molecule has 0 aliphatic heterocycles. The first-order valence-electron chi connectivity index (χ1n) is 10.4. The van der Waals surface area contributed by atoms with Crippen molar-refractivity contribution in [3.63, 3.8) is 0 Å². The number of benzene rings is 3. The Morgan fingerprint density at radius 1 is 1.00 bits per heavy atom. The van der Waals surface area contributed by atoms with Crippen LogP contribution < -0.4 is 16.2 Å². The minimum atomic E-state index is -0.320. The van der Waals surface area contributed by atoms with Crippen LogP contribution in [0.1, 0.15) is 23.9 Å². The third kappa shape index (κ3) is 4.98. The van der Waals surface area contributed by atoms with E-state index in [0.29, 0.717) is 46.9 Å². The zero-order chi connectivity index (χ0) is 22.5. The van der Waals surface area contributed by atoms with Crippen LogP contribution in [-0.2, 0) is 13.0 Å². The number of rotatable bonds is 6. The highest BCUT2D eigenvalue weighted by molar-refractivity contribution is 6.30. The molecule has 7 heteroatoms. The first-order valence-corrected chi connectivity index (χ1v) is 10.8. The summed E-state index contributed by atoms with van der Waals surface area (Å²) in [5.41, 5.74) is 2.93. The lowest BCUT2D eigenvalue weighted by molar-refractivity contribution is 0.252. The SMILES string of the molecule is CCNC(=O)Nc1ccc2nc(Cc3ccccc3)n(Cc3cccc(Cl)c3)c(=O)c2c1. The number of nitrogens with zero attached hydrogens (tertiary/aromatic N) is 2. The quantitative estimate of drug-likeness (QED) is 0.445. The number of aromatic nitrogens is 2. The molecule has 6 nitrogen and oxygen atoms in total. The van der Waals surface area contributed by atoms with Crippen LogP contribution in [0.15, 0.2) is 77.6 Å². The topological polar surface area (TPSA) is 76.0 Å². The third-order valence-corrected chi connectivity index (χ3v) is 5.30. The third-order valence-electron chi connectivity index (χ3n) is 5.06. The van der Waals surface area contributed by atoms with Crippen LogP contribution in [0, 0.1) is 0 Å². The molecule has 0 atom stereocenters. The number of anilines is 1. The van der Waals surface area contributed by atoms with E-state index in [1.54, 1.807) is 28.8 Å². The van der Waals surface area contributed by atoms with Crippen molar-refractivity contribution in [1.29, 1.82) is 0 Å². The minimum absolute atomic E-state index is 0.166. The number of amides is 2. The van der Waals surface area contributed by atoms with Gasteiger partial charge in [-0.25, -0.2) is 9.78 Å². The molecular weight excluding hydrogens is 424 g/mol. The van der Waals surface area contributed by atoms with Gasteiger partial charge in [-0.15, -0.1) is 0 Å². The van der Waals surface area contributed by atoms with Crippen LogP contribution in [0.3, 0.4) is 0 Å². The molecule has 32 heavy (non-hydrogen) atoms. The number of halogens is 1. The highest BCUT2D eigenvalue weighted by atomic mass is 35.5. The highest BCUT2D eigenvalue weighted by Crippen LogP contribution is 2.18. The largest absolute Gasteiger partial charge is 0.338 e. The fourth-order valence-electron chi connectivity index (χ4n) is 3.57. The van der Waals surface area contributed by atoms with Crippen molar-refractivity contribution in [2.45, 2.75) is 19.9 Å². The normalized spacial score (nSPS) is 10.8. The van der Waals surface area contributed by atoms with E-state index in [0.717, 1.165) is 11.1 Å². The van der Waals surface area contributed by atoms with Crippen LogP contribution in [0.4, 0.5) is 10.5 Å². The van der Waals surface area contributed by atoms with Crippen molar-refractivity contribution in [2.75, 3.05) is 11.9 Å². The fraction of sp³-hybridized carbons (Fsp3) is 0.160. The number of carbonyl (C=O) groups excluding carboxylic acids is 1. The maximum Gasteiger partial charge on any atom is 0.319 e. The Hall–Kier alpha value is -3.64. The average Bonchev–Trinajstić information content (AvgIpc) is 2.78. The average molecular weight is 447 g/mol. The predicted molar refractivity (Wildman–Crippen MR) is 129 cm³/mol. The summed E-state index contributed by atoms with van der Waals surface area (Å²) in [6, 6.07) is 22.2. The van der Waals surface area contributed by atoms with Crippen molar-refractivity contribution in [2.24, 2.45) is 0 Å². The predicted octanol–water partition coefficient (Wildman–Crippen LogP) is 4.83. The molecule has 1 heterocycles. The smallest absolute Gasteiger partial charge is 0.319 e. The van der Waals surface area contributed by atoms with E-state index in [1.807, 2.05) is 55.5 Å². The summed E-state index contributed by atoms with van der Waals surface area (Å²) in [7, 11) is 0. The molecule has 2 N–H and O–H groups in total. The van der Waals surface area contributed by atoms with E-state index in [-0.39, 0.29) is 11.6 Å². The van der Waals surface area contributed by atoms with Gasteiger partial charge in [0.15, 0.2) is 0 Å². The molecule has 2 amide bonds. The number of urea groups is 1. The summed E-state index contributed by atoms with van der Waals surface area (Å²) in [5.74, 6) is 0.665. The second kappa shape index (κ2) is 9.66. The summed E-state index contributed by atoms with van der Waals surface area (Å²) in [4.78, 5) is 30.3. The lowest BCUT2D eigenvalue weighted by atomic mass is 10.1. The molecule has 0 spiro atoms. The van der Waals surface area contributed by atoms with E-state index in [1.165, 1.54) is 0 Å². The van der Waals surface area contributed by atoms with Crippen molar-refractivity contribution in [3.05, 3.63) is 105 Å². The Kier molecular flexibility index (Phi) is 6.52. The molecule has 4 aromatic rings. The van der Waals surface area contributed by atoms with E-state index in [9.17, 15) is 9.59 Å². The monoisotopic (exact) mass is 446 g/mol. The van der Waals surface area contributed by atoms with Crippen LogP contribution in [-0.4, -0.2) is 22.1 Å². The maximum atomic E-state index is 13.6. The van der Waals surface area contributed by atoms with Crippen LogP contribution in [0.2, 0.25) is 5.02 Å². The summed E-state index contributed by atoms with van der Waals surface area (Å²) < 4.78 is 1.68. The molecule has 0 aliphatic carbocycles. The lowest BCUT2D eigenvalue weighted by Gasteiger charge is -2.15. The van der Waals surface area contributed by atoms with Crippen molar-refractivity contribution in [3.8, 4) is 0 Å². The number of hydrogen-bond donors (Lipinski definition) is 2. The number of carbonyl (C=O) groups is 1. The molecule has 0 bridgehead atoms. The van der Waals surface area contributed by atoms with E-state index < -0.39 is 0 Å². The molecular formula is C25H23ClN4O2. The van der Waals surface area contributed by atoms with Crippen molar-refractivity contribution < 1.29 is 4.79 Å². The van der Waals surface area contributed by atoms with Gasteiger partial charge in [0.25, 0.3) is 5.56 Å². The van der Waals surface area contributed by atoms with Gasteiger partial charge in [0.05, 0.1) is 17.4 Å². The molecule has 0 radical (unpaired) electrons. The molecule has 0 saturated heterocycles. The van der Waals surface area contributed by atoms with Gasteiger partial charge in [-0.3, -0.25) is 9.36 Å². The molecule has 0 saturated carbocycles. The first-order chi connectivity index (χ1) is 15.5. The summed E-state index contributed by atoms with van der Waals surface area (Å²) in [5, 5.41) is 6.49. The zero-order valence-corrected chi connectivity index (χ0v) is 18.4. The second-order valence-corrected chi connectivity index (χ2v) is 7.86. The Balaban J connectivity index is 1.81. The van der Waals surface area contributed by atoms with Gasteiger partial charge in [-0.05, 0) is 48.4 Å². The van der Waals surface area contributed by atoms with Crippen LogP contribution >= 0.6 is 11.6 Å². The van der Waals surface area contributed by atoms with E-state index in [4.69, 9.17) is 16.6 Å². The number of nitrogens with one attached hydrogen (secondary N) is 2. The van der Waals surface area contributed by atoms with E-state index >= 15 is 0 Å². The summed E-state index contributed by atoms with van der Waals surface area (Å²) in [6.45, 7) is 2.70. The Labute approximate surface area is 190 Å².